The fraction of sp³-hybridized carbons (Fsp3) is 0.235. The van der Waals surface area contributed by atoms with Crippen molar-refractivity contribution in [1.82, 2.24) is 9.97 Å². The number of thiazole rings is 1. The molecule has 2 heterocycles. The number of aromatic nitrogens is 2. The average Bonchev–Trinajstić information content (AvgIpc) is 2.99. The SMILES string of the molecule is Cc1ccc2c([O-])cc(-c3csc(NC(=O)C(C)C)n3)nc2c1Br.[K+]. The molecule has 124 valence electrons. The van der Waals surface area contributed by atoms with Crippen LogP contribution in [0.4, 0.5) is 5.13 Å². The van der Waals surface area contributed by atoms with Gasteiger partial charge in [0, 0.05) is 15.8 Å². The molecule has 1 aromatic carbocycles. The third-order valence-corrected chi connectivity index (χ3v) is 5.35. The van der Waals surface area contributed by atoms with Gasteiger partial charge in [0.1, 0.15) is 5.69 Å². The number of pyridine rings is 1. The Morgan fingerprint density at radius 3 is 2.68 bits per heavy atom. The van der Waals surface area contributed by atoms with Gasteiger partial charge >= 0.3 is 51.4 Å². The Morgan fingerprint density at radius 1 is 1.28 bits per heavy atom. The quantitative estimate of drug-likeness (QED) is 0.614. The Morgan fingerprint density at radius 2 is 2.00 bits per heavy atom. The topological polar surface area (TPSA) is 77.9 Å². The first-order chi connectivity index (χ1) is 11.4. The summed E-state index contributed by atoms with van der Waals surface area (Å²) in [5.74, 6) is -0.315. The van der Waals surface area contributed by atoms with Gasteiger partial charge in [-0.25, -0.2) is 9.97 Å². The Kier molecular flexibility index (Phi) is 7.17. The zero-order valence-corrected chi connectivity index (χ0v) is 19.9. The van der Waals surface area contributed by atoms with Gasteiger partial charge in [-0.2, -0.15) is 0 Å². The van der Waals surface area contributed by atoms with Crippen molar-refractivity contribution in [3.63, 3.8) is 0 Å². The van der Waals surface area contributed by atoms with Crippen LogP contribution in [0, 0.1) is 12.8 Å². The Balaban J connectivity index is 0.00000225. The van der Waals surface area contributed by atoms with Crippen LogP contribution in [0.5, 0.6) is 5.75 Å². The zero-order chi connectivity index (χ0) is 17.4. The monoisotopic (exact) mass is 443 g/mol. The molecule has 0 spiro atoms. The van der Waals surface area contributed by atoms with Crippen molar-refractivity contribution in [1.29, 1.82) is 0 Å². The number of nitrogens with one attached hydrogen (secondary N) is 1. The van der Waals surface area contributed by atoms with E-state index in [0.717, 1.165) is 10.0 Å². The van der Waals surface area contributed by atoms with Gasteiger partial charge in [0.2, 0.25) is 5.91 Å². The number of nitrogens with zero attached hydrogens (tertiary/aromatic N) is 2. The van der Waals surface area contributed by atoms with E-state index in [9.17, 15) is 9.90 Å². The predicted octanol–water partition coefficient (Wildman–Crippen LogP) is 1.10. The summed E-state index contributed by atoms with van der Waals surface area (Å²) in [5, 5.41) is 18.0. The molecular formula is C17H15BrKN3O2S. The second-order valence-corrected chi connectivity index (χ2v) is 7.43. The van der Waals surface area contributed by atoms with Gasteiger partial charge in [0.15, 0.2) is 5.13 Å². The summed E-state index contributed by atoms with van der Waals surface area (Å²) in [6, 6.07) is 5.15. The van der Waals surface area contributed by atoms with E-state index in [2.05, 4.69) is 31.2 Å². The summed E-state index contributed by atoms with van der Waals surface area (Å²) >= 11 is 4.81. The second-order valence-electron chi connectivity index (χ2n) is 5.78. The molecule has 2 aromatic heterocycles. The summed E-state index contributed by atoms with van der Waals surface area (Å²) in [5.41, 5.74) is 2.71. The van der Waals surface area contributed by atoms with Crippen LogP contribution >= 0.6 is 27.3 Å². The number of hydrogen-bond acceptors (Lipinski definition) is 5. The number of halogens is 1. The van der Waals surface area contributed by atoms with Gasteiger partial charge in [-0.05, 0) is 39.9 Å². The summed E-state index contributed by atoms with van der Waals surface area (Å²) < 4.78 is 0.808. The minimum absolute atomic E-state index is 0. The molecule has 0 aliphatic heterocycles. The smallest absolute Gasteiger partial charge is 0.872 e. The van der Waals surface area contributed by atoms with Crippen molar-refractivity contribution in [3.8, 4) is 17.1 Å². The number of rotatable bonds is 3. The predicted molar refractivity (Wildman–Crippen MR) is 98.2 cm³/mol. The molecule has 0 aliphatic rings. The minimum Gasteiger partial charge on any atom is -0.872 e. The first-order valence-corrected chi connectivity index (χ1v) is 9.07. The molecule has 0 aliphatic carbocycles. The van der Waals surface area contributed by atoms with Crippen LogP contribution in [0.25, 0.3) is 22.3 Å². The van der Waals surface area contributed by atoms with Crippen LogP contribution in [0.2, 0.25) is 0 Å². The van der Waals surface area contributed by atoms with E-state index in [0.29, 0.717) is 27.4 Å². The molecule has 1 N–H and O–H groups in total. The molecule has 0 fully saturated rings. The van der Waals surface area contributed by atoms with Crippen molar-refractivity contribution in [2.45, 2.75) is 20.8 Å². The number of carbonyl (C=O) groups excluding carboxylic acids is 1. The standard InChI is InChI=1S/C17H16BrN3O2S.K/c1-8(2)16(23)21-17-20-12(7-24-17)11-6-13(22)10-5-4-9(3)14(18)15(10)19-11;/h4-8H,1-3H3,(H,19,22)(H,20,21,23);/q;+1/p-1. The van der Waals surface area contributed by atoms with Gasteiger partial charge in [-0.3, -0.25) is 4.79 Å². The van der Waals surface area contributed by atoms with E-state index < -0.39 is 0 Å². The number of hydrogen-bond donors (Lipinski definition) is 1. The molecule has 0 saturated carbocycles. The number of anilines is 1. The first-order valence-electron chi connectivity index (χ1n) is 7.40. The third-order valence-electron chi connectivity index (χ3n) is 3.60. The van der Waals surface area contributed by atoms with Crippen molar-refractivity contribution in [2.75, 3.05) is 5.32 Å². The molecule has 0 saturated heterocycles. The molecule has 3 rings (SSSR count). The van der Waals surface area contributed by atoms with Crippen LogP contribution in [-0.4, -0.2) is 15.9 Å². The summed E-state index contributed by atoms with van der Waals surface area (Å²) in [6.07, 6.45) is 0. The molecule has 3 aromatic rings. The van der Waals surface area contributed by atoms with Crippen molar-refractivity contribution in [3.05, 3.63) is 33.6 Å². The molecule has 0 unspecified atom stereocenters. The average molecular weight is 444 g/mol. The summed E-state index contributed by atoms with van der Waals surface area (Å²) in [4.78, 5) is 20.7. The number of carbonyl (C=O) groups is 1. The third kappa shape index (κ3) is 4.50. The van der Waals surface area contributed by atoms with Crippen LogP contribution in [0.15, 0.2) is 28.1 Å². The molecule has 1 amide bonds. The van der Waals surface area contributed by atoms with Crippen molar-refractivity contribution in [2.24, 2.45) is 5.92 Å². The normalized spacial score (nSPS) is 10.8. The van der Waals surface area contributed by atoms with Crippen LogP contribution in [0.1, 0.15) is 19.4 Å². The number of benzene rings is 1. The first kappa shape index (κ1) is 21.0. The maximum atomic E-state index is 12.4. The largest absolute Gasteiger partial charge is 1.00 e. The van der Waals surface area contributed by atoms with Gasteiger partial charge in [0.25, 0.3) is 0 Å². The Hall–Kier alpha value is -0.354. The van der Waals surface area contributed by atoms with Gasteiger partial charge in [0.05, 0.1) is 11.2 Å². The van der Waals surface area contributed by atoms with E-state index in [1.54, 1.807) is 11.4 Å². The minimum atomic E-state index is -0.122. The number of aryl methyl sites for hydroxylation is 1. The molecular weight excluding hydrogens is 429 g/mol. The maximum Gasteiger partial charge on any atom is 1.00 e. The zero-order valence-electron chi connectivity index (χ0n) is 14.4. The molecule has 0 bridgehead atoms. The van der Waals surface area contributed by atoms with E-state index in [1.165, 1.54) is 17.4 Å². The maximum absolute atomic E-state index is 12.4. The van der Waals surface area contributed by atoms with Gasteiger partial charge in [-0.1, -0.05) is 31.7 Å². The van der Waals surface area contributed by atoms with Crippen molar-refractivity contribution < 1.29 is 61.3 Å². The van der Waals surface area contributed by atoms with Crippen LogP contribution < -0.4 is 61.8 Å². The Labute approximate surface area is 200 Å². The van der Waals surface area contributed by atoms with Gasteiger partial charge < -0.3 is 10.4 Å². The molecule has 0 atom stereocenters. The Bertz CT molecular complexity index is 943. The van der Waals surface area contributed by atoms with Gasteiger partial charge in [-0.15, -0.1) is 11.3 Å². The number of amides is 1. The molecule has 0 radical (unpaired) electrons. The van der Waals surface area contributed by atoms with Crippen LogP contribution in [0.3, 0.4) is 0 Å². The van der Waals surface area contributed by atoms with Crippen molar-refractivity contribution >= 4 is 49.2 Å². The van der Waals surface area contributed by atoms with Crippen LogP contribution in [-0.2, 0) is 4.79 Å². The number of fused-ring (bicyclic) bond motifs is 1. The summed E-state index contributed by atoms with van der Waals surface area (Å²) in [7, 11) is 0. The molecule has 8 heteroatoms. The molecule has 5 nitrogen and oxygen atoms in total. The second kappa shape index (κ2) is 8.56. The van der Waals surface area contributed by atoms with E-state index in [-0.39, 0.29) is 69.0 Å². The van der Waals surface area contributed by atoms with E-state index in [1.807, 2.05) is 26.8 Å². The fourth-order valence-corrected chi connectivity index (χ4v) is 3.30. The van der Waals surface area contributed by atoms with E-state index in [4.69, 9.17) is 0 Å². The molecule has 25 heavy (non-hydrogen) atoms. The summed E-state index contributed by atoms with van der Waals surface area (Å²) in [6.45, 7) is 5.58. The van der Waals surface area contributed by atoms with E-state index >= 15 is 0 Å². The fourth-order valence-electron chi connectivity index (χ4n) is 2.16.